The molecule has 2 N–H and O–H groups in total. The van der Waals surface area contributed by atoms with Crippen LogP contribution in [0.3, 0.4) is 0 Å². The first-order chi connectivity index (χ1) is 15.0. The van der Waals surface area contributed by atoms with Crippen molar-refractivity contribution in [1.82, 2.24) is 30.3 Å². The fraction of sp³-hybridized carbons (Fsp3) is 0.591. The molecule has 0 amide bonds. The molecular formula is C22H34ClFIN7. The van der Waals surface area contributed by atoms with Crippen LogP contribution in [-0.4, -0.2) is 51.3 Å². The number of aromatic nitrogens is 3. The first-order valence-corrected chi connectivity index (χ1v) is 11.4. The number of rotatable bonds is 8. The highest BCUT2D eigenvalue weighted by Gasteiger charge is 2.21. The van der Waals surface area contributed by atoms with E-state index in [0.29, 0.717) is 18.1 Å². The Bertz CT molecular complexity index is 889. The van der Waals surface area contributed by atoms with Crippen LogP contribution >= 0.6 is 35.6 Å². The Labute approximate surface area is 212 Å². The van der Waals surface area contributed by atoms with Crippen LogP contribution in [0.25, 0.3) is 0 Å². The zero-order valence-electron chi connectivity index (χ0n) is 19.1. The number of hydrogen-bond acceptors (Lipinski definition) is 4. The van der Waals surface area contributed by atoms with Gasteiger partial charge in [-0.05, 0) is 50.4 Å². The molecule has 1 atom stereocenters. The molecule has 1 aliphatic rings. The van der Waals surface area contributed by atoms with E-state index in [9.17, 15) is 4.39 Å². The second-order valence-electron chi connectivity index (χ2n) is 8.12. The normalized spacial score (nSPS) is 17.2. The lowest BCUT2D eigenvalue weighted by Gasteiger charge is -2.34. The van der Waals surface area contributed by atoms with Gasteiger partial charge < -0.3 is 15.2 Å². The van der Waals surface area contributed by atoms with E-state index in [0.717, 1.165) is 68.5 Å². The maximum absolute atomic E-state index is 13.3. The van der Waals surface area contributed by atoms with E-state index in [1.165, 1.54) is 12.1 Å². The number of piperidine rings is 1. The molecule has 1 fully saturated rings. The molecule has 1 aromatic carbocycles. The molecular weight excluding hydrogens is 544 g/mol. The Kier molecular flexibility index (Phi) is 11.1. The van der Waals surface area contributed by atoms with Crippen molar-refractivity contribution in [2.45, 2.75) is 58.7 Å². The molecule has 10 heteroatoms. The first-order valence-electron chi connectivity index (χ1n) is 11.0. The van der Waals surface area contributed by atoms with Crippen molar-refractivity contribution < 1.29 is 4.39 Å². The Morgan fingerprint density at radius 1 is 1.34 bits per heavy atom. The van der Waals surface area contributed by atoms with Crippen LogP contribution < -0.4 is 10.6 Å². The van der Waals surface area contributed by atoms with Gasteiger partial charge in [0.05, 0.1) is 0 Å². The highest BCUT2D eigenvalue weighted by molar-refractivity contribution is 14.0. The minimum absolute atomic E-state index is 0. The first kappa shape index (κ1) is 26.8. The molecule has 3 rings (SSSR count). The van der Waals surface area contributed by atoms with Crippen LogP contribution in [0.5, 0.6) is 0 Å². The van der Waals surface area contributed by atoms with Gasteiger partial charge in [-0.1, -0.05) is 31.0 Å². The number of aliphatic imine (C=N–C) groups is 1. The number of unbranched alkanes of at least 4 members (excludes halogenated alkanes) is 1. The summed E-state index contributed by atoms with van der Waals surface area (Å²) in [4.78, 5) is 7.11. The average Bonchev–Trinajstić information content (AvgIpc) is 3.06. The van der Waals surface area contributed by atoms with Crippen LogP contribution in [0.15, 0.2) is 23.2 Å². The molecule has 7 nitrogen and oxygen atoms in total. The summed E-state index contributed by atoms with van der Waals surface area (Å²) in [5.41, 5.74) is 0.955. The van der Waals surface area contributed by atoms with Crippen molar-refractivity contribution in [3.05, 3.63) is 46.3 Å². The molecule has 32 heavy (non-hydrogen) atoms. The number of hydrogen-bond donors (Lipinski definition) is 2. The van der Waals surface area contributed by atoms with E-state index in [2.05, 4.69) is 32.7 Å². The summed E-state index contributed by atoms with van der Waals surface area (Å²) in [6.45, 7) is 8.05. The summed E-state index contributed by atoms with van der Waals surface area (Å²) < 4.78 is 15.3. The lowest BCUT2D eigenvalue weighted by atomic mass is 10.0. The molecule has 0 aliphatic carbocycles. The van der Waals surface area contributed by atoms with Crippen molar-refractivity contribution in [3.63, 3.8) is 0 Å². The van der Waals surface area contributed by atoms with Gasteiger partial charge in [-0.2, -0.15) is 0 Å². The fourth-order valence-electron chi connectivity index (χ4n) is 3.68. The average molecular weight is 578 g/mol. The Hall–Kier alpha value is -1.46. The van der Waals surface area contributed by atoms with Gasteiger partial charge in [-0.3, -0.25) is 4.90 Å². The van der Waals surface area contributed by atoms with Gasteiger partial charge in [0, 0.05) is 37.7 Å². The number of nitrogens with one attached hydrogen (secondary N) is 2. The second kappa shape index (κ2) is 13.3. The monoisotopic (exact) mass is 577 g/mol. The van der Waals surface area contributed by atoms with Crippen molar-refractivity contribution in [1.29, 1.82) is 0 Å². The quantitative estimate of drug-likeness (QED) is 0.215. The van der Waals surface area contributed by atoms with Gasteiger partial charge in [-0.25, -0.2) is 9.38 Å². The van der Waals surface area contributed by atoms with Crippen LogP contribution in [0.4, 0.5) is 4.39 Å². The van der Waals surface area contributed by atoms with Crippen molar-refractivity contribution in [2.75, 3.05) is 19.6 Å². The van der Waals surface area contributed by atoms with Gasteiger partial charge in [0.1, 0.15) is 18.2 Å². The van der Waals surface area contributed by atoms with Gasteiger partial charge in [0.2, 0.25) is 0 Å². The molecule has 178 valence electrons. The van der Waals surface area contributed by atoms with Crippen LogP contribution in [-0.2, 0) is 20.1 Å². The largest absolute Gasteiger partial charge is 0.356 e. The molecule has 0 saturated carbocycles. The zero-order chi connectivity index (χ0) is 22.2. The minimum atomic E-state index is -0.302. The van der Waals surface area contributed by atoms with Gasteiger partial charge in [-0.15, -0.1) is 34.2 Å². The number of likely N-dealkylation sites (tertiary alicyclic amines) is 1. The van der Waals surface area contributed by atoms with Crippen molar-refractivity contribution in [3.8, 4) is 0 Å². The van der Waals surface area contributed by atoms with Gasteiger partial charge in [0.15, 0.2) is 11.8 Å². The predicted octanol–water partition coefficient (Wildman–Crippen LogP) is 4.03. The minimum Gasteiger partial charge on any atom is -0.356 e. The highest BCUT2D eigenvalue weighted by atomic mass is 127. The number of nitrogens with zero attached hydrogens (tertiary/aromatic N) is 5. The third kappa shape index (κ3) is 7.84. The van der Waals surface area contributed by atoms with Crippen molar-refractivity contribution >= 4 is 41.5 Å². The smallest absolute Gasteiger partial charge is 0.191 e. The lowest BCUT2D eigenvalue weighted by molar-refractivity contribution is 0.192. The molecule has 1 saturated heterocycles. The molecule has 2 heterocycles. The Morgan fingerprint density at radius 2 is 2.16 bits per heavy atom. The van der Waals surface area contributed by atoms with E-state index in [4.69, 9.17) is 16.6 Å². The molecule has 0 spiro atoms. The van der Waals surface area contributed by atoms with Crippen molar-refractivity contribution in [2.24, 2.45) is 12.0 Å². The third-order valence-electron chi connectivity index (χ3n) is 5.64. The molecule has 1 unspecified atom stereocenters. The molecule has 1 aliphatic heterocycles. The number of guanidine groups is 1. The number of benzene rings is 1. The lowest BCUT2D eigenvalue weighted by Crippen LogP contribution is -2.51. The zero-order valence-corrected chi connectivity index (χ0v) is 22.2. The van der Waals surface area contributed by atoms with Gasteiger partial charge in [0.25, 0.3) is 0 Å². The summed E-state index contributed by atoms with van der Waals surface area (Å²) in [6.07, 6.45) is 4.37. The summed E-state index contributed by atoms with van der Waals surface area (Å²) in [5.74, 6) is 2.22. The predicted molar refractivity (Wildman–Crippen MR) is 138 cm³/mol. The Balaban J connectivity index is 0.00000363. The molecule has 2 aromatic rings. The van der Waals surface area contributed by atoms with E-state index < -0.39 is 0 Å². The fourth-order valence-corrected chi connectivity index (χ4v) is 3.90. The maximum Gasteiger partial charge on any atom is 0.191 e. The summed E-state index contributed by atoms with van der Waals surface area (Å²) in [7, 11) is 1.96. The van der Waals surface area contributed by atoms with Crippen LogP contribution in [0.2, 0.25) is 5.02 Å². The van der Waals surface area contributed by atoms with Gasteiger partial charge >= 0.3 is 0 Å². The number of aryl methyl sites for hydroxylation is 1. The highest BCUT2D eigenvalue weighted by Crippen LogP contribution is 2.21. The van der Waals surface area contributed by atoms with Crippen LogP contribution in [0.1, 0.15) is 49.8 Å². The van der Waals surface area contributed by atoms with E-state index in [-0.39, 0.29) is 35.8 Å². The Morgan fingerprint density at radius 3 is 2.84 bits per heavy atom. The summed E-state index contributed by atoms with van der Waals surface area (Å²) >= 11 is 6.23. The molecule has 0 bridgehead atoms. The third-order valence-corrected chi connectivity index (χ3v) is 5.99. The van der Waals surface area contributed by atoms with E-state index in [1.54, 1.807) is 6.07 Å². The standard InChI is InChI=1S/C22H33ClFN7.HI/c1-4-5-10-25-22(26-13-21-29-28-16(2)30(21)3)27-19-7-6-11-31(15-19)14-17-8-9-18(24)12-20(17)23;/h8-9,12,19H,4-7,10-11,13-15H2,1-3H3,(H2,25,26,27);1H. The SMILES string of the molecule is CCCCNC(=NCc1nnc(C)n1C)NC1CCCN(Cc2ccc(F)cc2Cl)C1.I. The molecule has 0 radical (unpaired) electrons. The summed E-state index contributed by atoms with van der Waals surface area (Å²) in [5, 5.41) is 15.8. The topological polar surface area (TPSA) is 70.4 Å². The number of halogens is 3. The second-order valence-corrected chi connectivity index (χ2v) is 8.53. The van der Waals surface area contributed by atoms with Crippen LogP contribution in [0, 0.1) is 12.7 Å². The van der Waals surface area contributed by atoms with E-state index in [1.807, 2.05) is 18.5 Å². The maximum atomic E-state index is 13.3. The summed E-state index contributed by atoms with van der Waals surface area (Å²) in [6, 6.07) is 4.91. The molecule has 1 aromatic heterocycles. The van der Waals surface area contributed by atoms with E-state index >= 15 is 0 Å².